The van der Waals surface area contributed by atoms with E-state index < -0.39 is 0 Å². The number of aromatic nitrogens is 3. The van der Waals surface area contributed by atoms with Gasteiger partial charge in [-0.25, -0.2) is 4.68 Å². The second kappa shape index (κ2) is 9.81. The van der Waals surface area contributed by atoms with Gasteiger partial charge in [0.1, 0.15) is 0 Å². The van der Waals surface area contributed by atoms with Crippen LogP contribution in [0.15, 0.2) is 24.3 Å². The number of amides is 2. The molecule has 0 unspecified atom stereocenters. The molecule has 0 atom stereocenters. The van der Waals surface area contributed by atoms with E-state index >= 15 is 0 Å². The second-order valence-electron chi connectivity index (χ2n) is 9.96. The summed E-state index contributed by atoms with van der Waals surface area (Å²) >= 11 is 0. The number of carbonyl (C=O) groups excluding carboxylic acids is 2. The first-order chi connectivity index (χ1) is 15.1. The largest absolute Gasteiger partial charge is 0.355 e. The molecule has 1 aliphatic rings. The summed E-state index contributed by atoms with van der Waals surface area (Å²) in [6, 6.07) is 7.95. The fraction of sp³-hybridized carbons (Fsp3) is 0.583. The molecule has 0 radical (unpaired) electrons. The highest BCUT2D eigenvalue weighted by Crippen LogP contribution is 2.22. The van der Waals surface area contributed by atoms with E-state index in [1.165, 1.54) is 0 Å². The van der Waals surface area contributed by atoms with Gasteiger partial charge < -0.3 is 15.1 Å². The van der Waals surface area contributed by atoms with Gasteiger partial charge in [-0.1, -0.05) is 36.8 Å². The predicted molar refractivity (Wildman–Crippen MR) is 125 cm³/mol. The van der Waals surface area contributed by atoms with Crippen molar-refractivity contribution in [3.8, 4) is 5.69 Å². The normalized spacial score (nSPS) is 15.3. The van der Waals surface area contributed by atoms with E-state index in [1.54, 1.807) is 9.58 Å². The van der Waals surface area contributed by atoms with E-state index in [1.807, 2.05) is 52.2 Å². The molecular formula is C24H36N6O2. The molecule has 174 valence electrons. The van der Waals surface area contributed by atoms with E-state index in [4.69, 9.17) is 0 Å². The van der Waals surface area contributed by atoms with Crippen LogP contribution < -0.4 is 5.32 Å². The van der Waals surface area contributed by atoms with Gasteiger partial charge in [-0.15, -0.1) is 5.10 Å². The maximum absolute atomic E-state index is 13.1. The molecule has 32 heavy (non-hydrogen) atoms. The van der Waals surface area contributed by atoms with Gasteiger partial charge in [0.15, 0.2) is 5.69 Å². The van der Waals surface area contributed by atoms with Crippen molar-refractivity contribution in [2.24, 2.45) is 11.3 Å². The number of benzene rings is 1. The number of piperidine rings is 1. The van der Waals surface area contributed by atoms with Crippen molar-refractivity contribution >= 4 is 11.8 Å². The number of nitrogens with one attached hydrogen (secondary N) is 1. The molecule has 1 aliphatic heterocycles. The Bertz CT molecular complexity index is 940. The third-order valence-electron chi connectivity index (χ3n) is 6.01. The van der Waals surface area contributed by atoms with Crippen LogP contribution in [0.5, 0.6) is 0 Å². The topological polar surface area (TPSA) is 83.4 Å². The number of likely N-dealkylation sites (tertiary alicyclic amines) is 1. The van der Waals surface area contributed by atoms with Crippen molar-refractivity contribution in [2.75, 3.05) is 40.3 Å². The Kier molecular flexibility index (Phi) is 7.33. The molecular weight excluding hydrogens is 404 g/mol. The van der Waals surface area contributed by atoms with E-state index in [2.05, 4.69) is 34.4 Å². The van der Waals surface area contributed by atoms with Gasteiger partial charge in [0.05, 0.1) is 11.4 Å². The number of aryl methyl sites for hydroxylation is 1. The van der Waals surface area contributed by atoms with Crippen molar-refractivity contribution < 1.29 is 9.59 Å². The Hall–Kier alpha value is -2.74. The Morgan fingerprint density at radius 1 is 1.12 bits per heavy atom. The van der Waals surface area contributed by atoms with Crippen LogP contribution in [0.1, 0.15) is 48.4 Å². The van der Waals surface area contributed by atoms with E-state index in [0.717, 1.165) is 23.5 Å². The summed E-state index contributed by atoms with van der Waals surface area (Å²) in [4.78, 5) is 29.6. The van der Waals surface area contributed by atoms with Crippen LogP contribution >= 0.6 is 0 Å². The summed E-state index contributed by atoms with van der Waals surface area (Å²) in [5.74, 6) is -0.0872. The standard InChI is InChI=1S/C24H36N6O2/c1-17-7-9-20(10-8-17)30-18(2)21(26-27-30)23(32)29-13-11-19(12-14-29)22(31)25-15-24(3,4)16-28(5)6/h7-10,19H,11-16H2,1-6H3,(H,25,31). The fourth-order valence-corrected chi connectivity index (χ4v) is 4.34. The zero-order chi connectivity index (χ0) is 23.5. The van der Waals surface area contributed by atoms with Gasteiger partial charge in [-0.05, 0) is 58.3 Å². The Balaban J connectivity index is 1.56. The lowest BCUT2D eigenvalue weighted by atomic mass is 9.91. The molecule has 0 spiro atoms. The molecule has 2 amide bonds. The van der Waals surface area contributed by atoms with Gasteiger partial charge in [0, 0.05) is 32.1 Å². The Labute approximate surface area is 191 Å². The first-order valence-electron chi connectivity index (χ1n) is 11.3. The number of nitrogens with zero attached hydrogens (tertiary/aromatic N) is 5. The summed E-state index contributed by atoms with van der Waals surface area (Å²) in [5, 5.41) is 11.5. The molecule has 0 saturated carbocycles. The van der Waals surface area contributed by atoms with Crippen LogP contribution in [0, 0.1) is 25.2 Å². The lowest BCUT2D eigenvalue weighted by Crippen LogP contribution is -2.46. The number of rotatable bonds is 7. The SMILES string of the molecule is Cc1ccc(-n2nnc(C(=O)N3CCC(C(=O)NCC(C)(C)CN(C)C)CC3)c2C)cc1. The maximum atomic E-state index is 13.1. The monoisotopic (exact) mass is 440 g/mol. The van der Waals surface area contributed by atoms with Crippen LogP contribution in [0.4, 0.5) is 0 Å². The Morgan fingerprint density at radius 2 is 1.75 bits per heavy atom. The van der Waals surface area contributed by atoms with E-state index in [0.29, 0.717) is 38.2 Å². The lowest BCUT2D eigenvalue weighted by Gasteiger charge is -2.32. The van der Waals surface area contributed by atoms with E-state index in [-0.39, 0.29) is 23.1 Å². The van der Waals surface area contributed by atoms with Crippen LogP contribution in [-0.4, -0.2) is 76.9 Å². The van der Waals surface area contributed by atoms with Crippen molar-refractivity contribution in [1.82, 2.24) is 30.1 Å². The summed E-state index contributed by atoms with van der Waals surface area (Å²) in [6.07, 6.45) is 1.33. The lowest BCUT2D eigenvalue weighted by molar-refractivity contribution is -0.126. The first kappa shape index (κ1) is 23.9. The minimum Gasteiger partial charge on any atom is -0.355 e. The molecule has 1 N–H and O–H groups in total. The summed E-state index contributed by atoms with van der Waals surface area (Å²) in [5.41, 5.74) is 3.15. The summed E-state index contributed by atoms with van der Waals surface area (Å²) in [6.45, 7) is 10.8. The molecule has 1 aromatic carbocycles. The van der Waals surface area contributed by atoms with Crippen LogP contribution in [0.2, 0.25) is 0 Å². The smallest absolute Gasteiger partial charge is 0.276 e. The highest BCUT2D eigenvalue weighted by Gasteiger charge is 2.31. The molecule has 1 fully saturated rings. The van der Waals surface area contributed by atoms with Crippen LogP contribution in [0.25, 0.3) is 5.69 Å². The van der Waals surface area contributed by atoms with Crippen molar-refractivity contribution in [3.05, 3.63) is 41.2 Å². The molecule has 2 heterocycles. The van der Waals surface area contributed by atoms with Crippen LogP contribution in [0.3, 0.4) is 0 Å². The van der Waals surface area contributed by atoms with Crippen molar-refractivity contribution in [2.45, 2.75) is 40.5 Å². The zero-order valence-corrected chi connectivity index (χ0v) is 20.2. The molecule has 3 rings (SSSR count). The fourth-order valence-electron chi connectivity index (χ4n) is 4.34. The molecule has 0 bridgehead atoms. The van der Waals surface area contributed by atoms with Gasteiger partial charge in [-0.2, -0.15) is 0 Å². The van der Waals surface area contributed by atoms with Gasteiger partial charge in [-0.3, -0.25) is 9.59 Å². The molecule has 8 nitrogen and oxygen atoms in total. The maximum Gasteiger partial charge on any atom is 0.276 e. The quantitative estimate of drug-likeness (QED) is 0.715. The predicted octanol–water partition coefficient (Wildman–Crippen LogP) is 2.44. The number of hydrogen-bond donors (Lipinski definition) is 1. The molecule has 2 aromatic rings. The first-order valence-corrected chi connectivity index (χ1v) is 11.3. The minimum atomic E-state index is -0.119. The highest BCUT2D eigenvalue weighted by molar-refractivity contribution is 5.93. The molecule has 1 aromatic heterocycles. The van der Waals surface area contributed by atoms with Crippen LogP contribution in [-0.2, 0) is 4.79 Å². The third-order valence-corrected chi connectivity index (χ3v) is 6.01. The second-order valence-corrected chi connectivity index (χ2v) is 9.96. The van der Waals surface area contributed by atoms with Crippen molar-refractivity contribution in [1.29, 1.82) is 0 Å². The summed E-state index contributed by atoms with van der Waals surface area (Å²) in [7, 11) is 4.08. The molecule has 1 saturated heterocycles. The molecule has 0 aliphatic carbocycles. The van der Waals surface area contributed by atoms with E-state index in [9.17, 15) is 9.59 Å². The Morgan fingerprint density at radius 3 is 2.34 bits per heavy atom. The van der Waals surface area contributed by atoms with Gasteiger partial charge in [0.2, 0.25) is 5.91 Å². The third kappa shape index (κ3) is 5.73. The van der Waals surface area contributed by atoms with Gasteiger partial charge >= 0.3 is 0 Å². The number of hydrogen-bond acceptors (Lipinski definition) is 5. The van der Waals surface area contributed by atoms with Gasteiger partial charge in [0.25, 0.3) is 5.91 Å². The number of carbonyl (C=O) groups is 2. The molecule has 8 heteroatoms. The highest BCUT2D eigenvalue weighted by atomic mass is 16.2. The average molecular weight is 441 g/mol. The zero-order valence-electron chi connectivity index (χ0n) is 20.2. The van der Waals surface area contributed by atoms with Crippen molar-refractivity contribution in [3.63, 3.8) is 0 Å². The minimum absolute atomic E-state index is 0.0105. The average Bonchev–Trinajstić information content (AvgIpc) is 3.12. The summed E-state index contributed by atoms with van der Waals surface area (Å²) < 4.78 is 1.70.